The van der Waals surface area contributed by atoms with Gasteiger partial charge in [0.05, 0.1) is 0 Å². The molecule has 1 unspecified atom stereocenters. The van der Waals surface area contributed by atoms with Crippen molar-refractivity contribution in [2.75, 3.05) is 11.9 Å². The van der Waals surface area contributed by atoms with Crippen LogP contribution in [0.1, 0.15) is 24.6 Å². The highest BCUT2D eigenvalue weighted by Crippen LogP contribution is 2.33. The fourth-order valence-corrected chi connectivity index (χ4v) is 3.48. The molecule has 3 aromatic rings. The minimum Gasteiger partial charge on any atom is -0.473 e. The number of alkyl halides is 3. The van der Waals surface area contributed by atoms with E-state index in [0.29, 0.717) is 18.4 Å². The van der Waals surface area contributed by atoms with Crippen LogP contribution in [0.25, 0.3) is 0 Å². The molecule has 0 bridgehead atoms. The van der Waals surface area contributed by atoms with Crippen LogP contribution in [-0.4, -0.2) is 27.6 Å². The van der Waals surface area contributed by atoms with E-state index in [2.05, 4.69) is 9.97 Å². The fraction of sp³-hybridized carbons (Fsp3) is 0.318. The molecule has 7 nitrogen and oxygen atoms in total. The Bertz CT molecular complexity index is 1260. The van der Waals surface area contributed by atoms with Crippen LogP contribution in [0, 0.1) is 11.6 Å². The van der Waals surface area contributed by atoms with Gasteiger partial charge in [-0.2, -0.15) is 18.2 Å². The lowest BCUT2D eigenvalue weighted by Crippen LogP contribution is -2.41. The lowest BCUT2D eigenvalue weighted by molar-refractivity contribution is -0.141. The summed E-state index contributed by atoms with van der Waals surface area (Å²) in [6, 6.07) is 5.20. The van der Waals surface area contributed by atoms with Crippen molar-refractivity contribution in [3.8, 4) is 17.4 Å². The Kier molecular flexibility index (Phi) is 6.15. The molecule has 0 spiro atoms. The van der Waals surface area contributed by atoms with Crippen molar-refractivity contribution >= 4 is 5.82 Å². The van der Waals surface area contributed by atoms with Gasteiger partial charge in [0.1, 0.15) is 23.9 Å². The van der Waals surface area contributed by atoms with Crippen molar-refractivity contribution in [3.05, 3.63) is 69.9 Å². The molecule has 1 aromatic carbocycles. The third-order valence-electron chi connectivity index (χ3n) is 5.45. The van der Waals surface area contributed by atoms with E-state index in [1.54, 1.807) is 6.07 Å². The summed E-state index contributed by atoms with van der Waals surface area (Å²) in [4.78, 5) is 21.2. The third-order valence-corrected chi connectivity index (χ3v) is 5.45. The summed E-state index contributed by atoms with van der Waals surface area (Å²) in [6.45, 7) is 2.23. The first-order valence-corrected chi connectivity index (χ1v) is 10.2. The monoisotopic (exact) mass is 482 g/mol. The molecule has 1 atom stereocenters. The molecule has 0 saturated heterocycles. The highest BCUT2D eigenvalue weighted by Gasteiger charge is 2.33. The average molecular weight is 482 g/mol. The molecule has 12 heteroatoms. The van der Waals surface area contributed by atoms with Crippen molar-refractivity contribution in [2.45, 2.75) is 38.7 Å². The number of hydrogen-bond acceptors (Lipinski definition) is 6. The van der Waals surface area contributed by atoms with Crippen molar-refractivity contribution in [2.24, 2.45) is 0 Å². The van der Waals surface area contributed by atoms with E-state index < -0.39 is 40.7 Å². The predicted octanol–water partition coefficient (Wildman–Crippen LogP) is 4.54. The van der Waals surface area contributed by atoms with Gasteiger partial charge in [-0.05, 0) is 37.1 Å². The van der Waals surface area contributed by atoms with Gasteiger partial charge in [0.25, 0.3) is 0 Å². The van der Waals surface area contributed by atoms with Crippen molar-refractivity contribution < 1.29 is 31.4 Å². The Morgan fingerprint density at radius 2 is 1.85 bits per heavy atom. The van der Waals surface area contributed by atoms with Gasteiger partial charge < -0.3 is 14.4 Å². The second-order valence-electron chi connectivity index (χ2n) is 7.79. The Hall–Kier alpha value is -3.70. The Morgan fingerprint density at radius 3 is 2.53 bits per heavy atom. The van der Waals surface area contributed by atoms with E-state index in [1.165, 1.54) is 4.57 Å². The van der Waals surface area contributed by atoms with Crippen LogP contribution >= 0.6 is 0 Å². The van der Waals surface area contributed by atoms with Crippen LogP contribution in [0.15, 0.2) is 41.3 Å². The zero-order valence-electron chi connectivity index (χ0n) is 18.1. The first-order chi connectivity index (χ1) is 16.0. The maximum absolute atomic E-state index is 14.5. The Morgan fingerprint density at radius 1 is 1.15 bits per heavy atom. The van der Waals surface area contributed by atoms with Gasteiger partial charge in [-0.3, -0.25) is 9.55 Å². The van der Waals surface area contributed by atoms with Crippen LogP contribution in [-0.2, 0) is 19.3 Å². The van der Waals surface area contributed by atoms with E-state index in [9.17, 15) is 26.7 Å². The maximum Gasteiger partial charge on any atom is 0.433 e. The first-order valence-electron chi connectivity index (χ1n) is 10.2. The Balaban J connectivity index is 1.51. The SMILES string of the molecule is CC1CCn2c(cc(OCc3cc(F)c(Oc4ccnc(C(F)(F)F)c4)c(F)c3)nc2=O)N1C. The molecule has 0 saturated carbocycles. The summed E-state index contributed by atoms with van der Waals surface area (Å²) in [5, 5.41) is 0. The van der Waals surface area contributed by atoms with E-state index in [1.807, 2.05) is 18.9 Å². The minimum absolute atomic E-state index is 0.00481. The van der Waals surface area contributed by atoms with Crippen LogP contribution in [0.5, 0.6) is 17.4 Å². The van der Waals surface area contributed by atoms with Gasteiger partial charge in [0.2, 0.25) is 5.88 Å². The predicted molar refractivity (Wildman–Crippen MR) is 111 cm³/mol. The number of hydrogen-bond donors (Lipinski definition) is 0. The number of nitrogens with zero attached hydrogens (tertiary/aromatic N) is 4. The van der Waals surface area contributed by atoms with Gasteiger partial charge in [-0.25, -0.2) is 13.6 Å². The van der Waals surface area contributed by atoms with Gasteiger partial charge in [-0.15, -0.1) is 0 Å². The van der Waals surface area contributed by atoms with Crippen LogP contribution in [0.3, 0.4) is 0 Å². The fourth-order valence-electron chi connectivity index (χ4n) is 3.48. The summed E-state index contributed by atoms with van der Waals surface area (Å²) in [5.74, 6) is -2.97. The van der Waals surface area contributed by atoms with Crippen molar-refractivity contribution in [3.63, 3.8) is 0 Å². The molecule has 0 fully saturated rings. The molecular weight excluding hydrogens is 463 g/mol. The van der Waals surface area contributed by atoms with Crippen LogP contribution < -0.4 is 20.1 Å². The van der Waals surface area contributed by atoms with Gasteiger partial charge in [0.15, 0.2) is 17.4 Å². The number of pyridine rings is 1. The smallest absolute Gasteiger partial charge is 0.433 e. The standard InChI is InChI=1S/C22H19F5N4O3/c1-12-4-6-31-19(30(12)2)10-18(29-21(31)32)33-11-13-7-15(23)20(16(24)8-13)34-14-3-5-28-17(9-14)22(25,26)27/h3,5,7-10,12H,4,6,11H2,1-2H3. The topological polar surface area (TPSA) is 69.5 Å². The molecule has 0 radical (unpaired) electrons. The molecule has 180 valence electrons. The average Bonchev–Trinajstić information content (AvgIpc) is 2.77. The molecular formula is C22H19F5N4O3. The number of anilines is 1. The molecule has 34 heavy (non-hydrogen) atoms. The van der Waals surface area contributed by atoms with Crippen molar-refractivity contribution in [1.82, 2.24) is 14.5 Å². The zero-order valence-corrected chi connectivity index (χ0v) is 18.1. The molecule has 0 aliphatic carbocycles. The highest BCUT2D eigenvalue weighted by molar-refractivity contribution is 5.44. The quantitative estimate of drug-likeness (QED) is 0.498. The third kappa shape index (κ3) is 4.80. The number of rotatable bonds is 5. The molecule has 1 aliphatic rings. The maximum atomic E-state index is 14.5. The first kappa shape index (κ1) is 23.5. The largest absolute Gasteiger partial charge is 0.473 e. The number of benzene rings is 1. The van der Waals surface area contributed by atoms with Gasteiger partial charge in [-0.1, -0.05) is 0 Å². The summed E-state index contributed by atoms with van der Waals surface area (Å²) < 4.78 is 79.4. The van der Waals surface area contributed by atoms with E-state index in [4.69, 9.17) is 9.47 Å². The summed E-state index contributed by atoms with van der Waals surface area (Å²) >= 11 is 0. The number of halogens is 5. The normalized spacial score (nSPS) is 15.7. The molecule has 4 rings (SSSR count). The molecule has 0 amide bonds. The van der Waals surface area contributed by atoms with E-state index in [-0.39, 0.29) is 24.1 Å². The second-order valence-corrected chi connectivity index (χ2v) is 7.79. The number of aromatic nitrogens is 3. The summed E-state index contributed by atoms with van der Waals surface area (Å²) in [7, 11) is 1.84. The molecule has 0 N–H and O–H groups in total. The molecule has 3 heterocycles. The Labute approximate surface area is 190 Å². The summed E-state index contributed by atoms with van der Waals surface area (Å²) in [6.07, 6.45) is -3.13. The summed E-state index contributed by atoms with van der Waals surface area (Å²) in [5.41, 5.74) is -1.69. The van der Waals surface area contributed by atoms with Crippen LogP contribution in [0.4, 0.5) is 27.8 Å². The van der Waals surface area contributed by atoms with Crippen molar-refractivity contribution in [1.29, 1.82) is 0 Å². The van der Waals surface area contributed by atoms with Gasteiger partial charge >= 0.3 is 11.9 Å². The number of fused-ring (bicyclic) bond motifs is 1. The lowest BCUT2D eigenvalue weighted by atomic mass is 10.1. The van der Waals surface area contributed by atoms with E-state index >= 15 is 0 Å². The van der Waals surface area contributed by atoms with E-state index in [0.717, 1.165) is 30.8 Å². The molecule has 2 aromatic heterocycles. The lowest BCUT2D eigenvalue weighted by Gasteiger charge is -2.34. The van der Waals surface area contributed by atoms with Crippen LogP contribution in [0.2, 0.25) is 0 Å². The molecule has 1 aliphatic heterocycles. The second kappa shape index (κ2) is 8.92. The van der Waals surface area contributed by atoms with Gasteiger partial charge in [0, 0.05) is 38.0 Å². The highest BCUT2D eigenvalue weighted by atomic mass is 19.4. The minimum atomic E-state index is -4.74. The number of ether oxygens (including phenoxy) is 2. The zero-order chi connectivity index (χ0) is 24.6.